The van der Waals surface area contributed by atoms with Gasteiger partial charge in [-0.05, 0) is 34.0 Å². The Balaban J connectivity index is 2.61. The zero-order valence-electron chi connectivity index (χ0n) is 15.0. The molecule has 24 heavy (non-hydrogen) atoms. The van der Waals surface area contributed by atoms with Gasteiger partial charge in [0.2, 0.25) is 0 Å². The van der Waals surface area contributed by atoms with E-state index in [1.54, 1.807) is 6.08 Å². The zero-order chi connectivity index (χ0) is 17.6. The molecule has 0 heterocycles. The second-order valence-electron chi connectivity index (χ2n) is 7.10. The van der Waals surface area contributed by atoms with Crippen LogP contribution in [0.2, 0.25) is 5.04 Å². The summed E-state index contributed by atoms with van der Waals surface area (Å²) in [5.74, 6) is 0. The third kappa shape index (κ3) is 3.74. The number of carbonyl (C=O) groups excluding carboxylic acids is 1. The summed E-state index contributed by atoms with van der Waals surface area (Å²) in [6, 6.07) is 21.0. The molecule has 0 aliphatic heterocycles. The van der Waals surface area contributed by atoms with Gasteiger partial charge in [-0.25, -0.2) is 0 Å². The fraction of sp³-hybridized carbons (Fsp3) is 0.286. The first-order valence-electron chi connectivity index (χ1n) is 8.28. The molecule has 0 amide bonds. The minimum atomic E-state index is -2.50. The smallest absolute Gasteiger partial charge is 0.261 e. The van der Waals surface area contributed by atoms with E-state index in [4.69, 9.17) is 4.43 Å². The molecule has 2 aromatic rings. The minimum Gasteiger partial charge on any atom is -0.403 e. The van der Waals surface area contributed by atoms with E-state index >= 15 is 0 Å². The molecular weight excluding hydrogens is 312 g/mol. The van der Waals surface area contributed by atoms with Gasteiger partial charge in [0.25, 0.3) is 8.32 Å². The molecule has 0 atom stereocenters. The summed E-state index contributed by atoms with van der Waals surface area (Å²) in [7, 11) is -2.50. The molecule has 0 aliphatic rings. The zero-order valence-corrected chi connectivity index (χ0v) is 16.0. The summed E-state index contributed by atoms with van der Waals surface area (Å²) >= 11 is 0. The van der Waals surface area contributed by atoms with Gasteiger partial charge in [-0.3, -0.25) is 4.79 Å². The fourth-order valence-electron chi connectivity index (χ4n) is 3.15. The van der Waals surface area contributed by atoms with Crippen molar-refractivity contribution < 1.29 is 9.22 Å². The monoisotopic (exact) mass is 338 g/mol. The number of allylic oxidation sites excluding steroid dienone is 1. The maximum Gasteiger partial charge on any atom is 0.261 e. The van der Waals surface area contributed by atoms with E-state index in [9.17, 15) is 4.79 Å². The second kappa shape index (κ2) is 7.73. The molecule has 0 N–H and O–H groups in total. The number of benzene rings is 2. The molecule has 0 radical (unpaired) electrons. The lowest BCUT2D eigenvalue weighted by Gasteiger charge is -2.43. The van der Waals surface area contributed by atoms with Gasteiger partial charge < -0.3 is 4.43 Å². The SMILES string of the molecule is C/C(=C\C=O)CO[Si](c1ccccc1)(c1ccccc1)C(C)(C)C. The van der Waals surface area contributed by atoms with Gasteiger partial charge in [-0.1, -0.05) is 81.4 Å². The van der Waals surface area contributed by atoms with E-state index in [1.807, 2.05) is 19.1 Å². The van der Waals surface area contributed by atoms with Crippen LogP contribution in [0, 0.1) is 0 Å². The maximum absolute atomic E-state index is 10.8. The highest BCUT2D eigenvalue weighted by molar-refractivity contribution is 6.99. The lowest BCUT2D eigenvalue weighted by molar-refractivity contribution is -0.104. The van der Waals surface area contributed by atoms with E-state index in [0.29, 0.717) is 6.61 Å². The largest absolute Gasteiger partial charge is 0.403 e. The molecule has 0 saturated heterocycles. The van der Waals surface area contributed by atoms with Crippen LogP contribution < -0.4 is 10.4 Å². The minimum absolute atomic E-state index is 0.0445. The Labute approximate surface area is 146 Å². The molecule has 2 aromatic carbocycles. The Hall–Kier alpha value is -1.97. The van der Waals surface area contributed by atoms with Crippen LogP contribution in [0.4, 0.5) is 0 Å². The average Bonchev–Trinajstić information content (AvgIpc) is 2.56. The Morgan fingerprint density at radius 1 is 0.958 bits per heavy atom. The highest BCUT2D eigenvalue weighted by atomic mass is 28.4. The number of hydrogen-bond acceptors (Lipinski definition) is 2. The molecule has 0 unspecified atom stereocenters. The summed E-state index contributed by atoms with van der Waals surface area (Å²) in [5.41, 5.74) is 0.943. The van der Waals surface area contributed by atoms with Gasteiger partial charge in [0.05, 0.1) is 6.61 Å². The highest BCUT2D eigenvalue weighted by Gasteiger charge is 2.50. The average molecular weight is 339 g/mol. The Kier molecular flexibility index (Phi) is 5.92. The topological polar surface area (TPSA) is 26.3 Å². The van der Waals surface area contributed by atoms with Crippen molar-refractivity contribution in [3.63, 3.8) is 0 Å². The number of carbonyl (C=O) groups is 1. The number of aldehydes is 1. The quantitative estimate of drug-likeness (QED) is 0.456. The molecule has 0 aromatic heterocycles. The first-order valence-corrected chi connectivity index (χ1v) is 10.2. The third-order valence-corrected chi connectivity index (χ3v) is 9.27. The maximum atomic E-state index is 10.8. The van der Waals surface area contributed by atoms with Crippen molar-refractivity contribution in [3.05, 3.63) is 72.3 Å². The summed E-state index contributed by atoms with van der Waals surface area (Å²) in [4.78, 5) is 10.8. The van der Waals surface area contributed by atoms with Crippen molar-refractivity contribution >= 4 is 25.0 Å². The summed E-state index contributed by atoms with van der Waals surface area (Å²) in [6.07, 6.45) is 2.40. The molecule has 0 bridgehead atoms. The predicted octanol–water partition coefficient (Wildman–Crippen LogP) is 3.71. The van der Waals surface area contributed by atoms with Crippen LogP contribution in [0.3, 0.4) is 0 Å². The van der Waals surface area contributed by atoms with E-state index in [0.717, 1.165) is 11.9 Å². The standard InChI is InChI=1S/C21H26O2Si/c1-18(15-16-22)17-23-24(21(2,3)4,19-11-7-5-8-12-19)20-13-9-6-10-14-20/h5-16H,17H2,1-4H3/b18-15+. The first-order chi connectivity index (χ1) is 11.4. The van der Waals surface area contributed by atoms with Gasteiger partial charge >= 0.3 is 0 Å². The van der Waals surface area contributed by atoms with Crippen LogP contribution >= 0.6 is 0 Å². The van der Waals surface area contributed by atoms with E-state index in [2.05, 4.69) is 69.3 Å². The van der Waals surface area contributed by atoms with E-state index in [1.165, 1.54) is 10.4 Å². The molecule has 0 saturated carbocycles. The molecule has 126 valence electrons. The molecular formula is C21H26O2Si. The van der Waals surface area contributed by atoms with Crippen LogP contribution in [-0.2, 0) is 9.22 Å². The highest BCUT2D eigenvalue weighted by Crippen LogP contribution is 2.36. The van der Waals surface area contributed by atoms with Gasteiger partial charge in [-0.15, -0.1) is 0 Å². The lowest BCUT2D eigenvalue weighted by atomic mass is 10.2. The molecule has 0 fully saturated rings. The van der Waals surface area contributed by atoms with Gasteiger partial charge in [0.15, 0.2) is 0 Å². The van der Waals surface area contributed by atoms with Gasteiger partial charge in [0, 0.05) is 0 Å². The van der Waals surface area contributed by atoms with E-state index in [-0.39, 0.29) is 5.04 Å². The predicted molar refractivity (Wildman–Crippen MR) is 103 cm³/mol. The van der Waals surface area contributed by atoms with Gasteiger partial charge in [-0.2, -0.15) is 0 Å². The Bertz CT molecular complexity index is 645. The molecule has 2 rings (SSSR count). The first kappa shape index (κ1) is 18.4. The molecule has 3 heteroatoms. The number of hydrogen-bond donors (Lipinski definition) is 0. The fourth-order valence-corrected chi connectivity index (χ4v) is 7.75. The summed E-state index contributed by atoms with van der Waals surface area (Å²) in [6.45, 7) is 9.15. The summed E-state index contributed by atoms with van der Waals surface area (Å²) in [5, 5.41) is 2.46. The van der Waals surface area contributed by atoms with Crippen molar-refractivity contribution in [2.75, 3.05) is 6.61 Å². The van der Waals surface area contributed by atoms with Crippen LogP contribution in [0.1, 0.15) is 27.7 Å². The van der Waals surface area contributed by atoms with Crippen LogP contribution in [0.5, 0.6) is 0 Å². The van der Waals surface area contributed by atoms with Gasteiger partial charge in [0.1, 0.15) is 6.29 Å². The normalized spacial score (nSPS) is 12.9. The Morgan fingerprint density at radius 2 is 1.42 bits per heavy atom. The molecule has 0 aliphatic carbocycles. The molecule has 0 spiro atoms. The van der Waals surface area contributed by atoms with Crippen molar-refractivity contribution in [3.8, 4) is 0 Å². The van der Waals surface area contributed by atoms with Crippen molar-refractivity contribution in [2.45, 2.75) is 32.7 Å². The van der Waals surface area contributed by atoms with E-state index < -0.39 is 8.32 Å². The van der Waals surface area contributed by atoms with Crippen LogP contribution in [0.15, 0.2) is 72.3 Å². The Morgan fingerprint density at radius 3 is 1.79 bits per heavy atom. The molecule has 2 nitrogen and oxygen atoms in total. The van der Waals surface area contributed by atoms with Crippen molar-refractivity contribution in [1.29, 1.82) is 0 Å². The third-order valence-electron chi connectivity index (χ3n) is 4.29. The summed E-state index contributed by atoms with van der Waals surface area (Å²) < 4.78 is 6.69. The van der Waals surface area contributed by atoms with Crippen molar-refractivity contribution in [2.24, 2.45) is 0 Å². The van der Waals surface area contributed by atoms with Crippen LogP contribution in [-0.4, -0.2) is 21.2 Å². The van der Waals surface area contributed by atoms with Crippen molar-refractivity contribution in [1.82, 2.24) is 0 Å². The number of rotatable bonds is 6. The second-order valence-corrected chi connectivity index (χ2v) is 11.4. The lowest BCUT2D eigenvalue weighted by Crippen LogP contribution is -2.66. The van der Waals surface area contributed by atoms with Crippen LogP contribution in [0.25, 0.3) is 0 Å².